The molecule has 0 aromatic heterocycles. The number of Topliss-reactive ketones (excluding diaryl/α,β-unsaturated/α-hetero) is 1. The summed E-state index contributed by atoms with van der Waals surface area (Å²) >= 11 is 0. The van der Waals surface area contributed by atoms with Gasteiger partial charge < -0.3 is 14.6 Å². The predicted molar refractivity (Wildman–Crippen MR) is 67.2 cm³/mol. The first-order valence-corrected chi connectivity index (χ1v) is 6.10. The maximum atomic E-state index is 11.4. The zero-order chi connectivity index (χ0) is 14.1. The third-order valence-electron chi connectivity index (χ3n) is 2.67. The molecule has 2 atom stereocenters. The lowest BCUT2D eigenvalue weighted by Crippen LogP contribution is -2.26. The van der Waals surface area contributed by atoms with Crippen molar-refractivity contribution in [2.24, 2.45) is 5.92 Å². The number of aliphatic hydroxyl groups is 1. The van der Waals surface area contributed by atoms with Crippen molar-refractivity contribution in [3.05, 3.63) is 11.6 Å². The van der Waals surface area contributed by atoms with Crippen LogP contribution in [0.15, 0.2) is 11.6 Å². The van der Waals surface area contributed by atoms with Crippen molar-refractivity contribution in [2.45, 2.75) is 40.2 Å². The monoisotopic (exact) mass is 258 g/mol. The number of hydrogen-bond acceptors (Lipinski definition) is 5. The van der Waals surface area contributed by atoms with E-state index in [1.807, 2.05) is 0 Å². The SMILES string of the molecule is CCOC(=O)OC/C=C(/C)[C@H](O)[C@H](C)C(=O)CC. The Morgan fingerprint density at radius 2 is 1.89 bits per heavy atom. The van der Waals surface area contributed by atoms with Gasteiger partial charge in [-0.25, -0.2) is 4.79 Å². The zero-order valence-electron chi connectivity index (χ0n) is 11.4. The first kappa shape index (κ1) is 16.6. The molecular formula is C13H22O5. The van der Waals surface area contributed by atoms with Gasteiger partial charge in [-0.2, -0.15) is 0 Å². The highest BCUT2D eigenvalue weighted by molar-refractivity contribution is 5.81. The molecule has 0 unspecified atom stereocenters. The molecule has 0 aromatic rings. The van der Waals surface area contributed by atoms with Crippen LogP contribution in [0.2, 0.25) is 0 Å². The summed E-state index contributed by atoms with van der Waals surface area (Å²) in [5.74, 6) is -0.449. The Labute approximate surface area is 108 Å². The van der Waals surface area contributed by atoms with E-state index in [0.29, 0.717) is 12.0 Å². The highest BCUT2D eigenvalue weighted by Crippen LogP contribution is 2.14. The number of carbonyl (C=O) groups is 2. The predicted octanol–water partition coefficient (Wildman–Crippen LogP) is 2.08. The van der Waals surface area contributed by atoms with Crippen LogP contribution in [0, 0.1) is 5.92 Å². The first-order chi connectivity index (χ1) is 8.43. The topological polar surface area (TPSA) is 72.8 Å². The van der Waals surface area contributed by atoms with Gasteiger partial charge in [-0.15, -0.1) is 0 Å². The minimum absolute atomic E-state index is 0.00145. The van der Waals surface area contributed by atoms with Crippen LogP contribution in [0.1, 0.15) is 34.1 Å². The number of rotatable bonds is 7. The Balaban J connectivity index is 4.24. The van der Waals surface area contributed by atoms with Gasteiger partial charge in [0.25, 0.3) is 0 Å². The van der Waals surface area contributed by atoms with E-state index < -0.39 is 18.2 Å². The van der Waals surface area contributed by atoms with Gasteiger partial charge in [0.1, 0.15) is 12.4 Å². The fraction of sp³-hybridized carbons (Fsp3) is 0.692. The van der Waals surface area contributed by atoms with Crippen molar-refractivity contribution >= 4 is 11.9 Å². The van der Waals surface area contributed by atoms with Gasteiger partial charge in [0.2, 0.25) is 0 Å². The summed E-state index contributed by atoms with van der Waals surface area (Å²) < 4.78 is 9.32. The van der Waals surface area contributed by atoms with Crippen LogP contribution in [0.3, 0.4) is 0 Å². The molecule has 0 aliphatic carbocycles. The molecule has 18 heavy (non-hydrogen) atoms. The Hall–Kier alpha value is -1.36. The highest BCUT2D eigenvalue weighted by atomic mass is 16.7. The smallest absolute Gasteiger partial charge is 0.435 e. The highest BCUT2D eigenvalue weighted by Gasteiger charge is 2.21. The Morgan fingerprint density at radius 3 is 2.39 bits per heavy atom. The van der Waals surface area contributed by atoms with Gasteiger partial charge in [-0.1, -0.05) is 13.8 Å². The molecule has 5 nitrogen and oxygen atoms in total. The van der Waals surface area contributed by atoms with Crippen LogP contribution in [0.5, 0.6) is 0 Å². The van der Waals surface area contributed by atoms with E-state index in [2.05, 4.69) is 4.74 Å². The molecule has 0 aliphatic heterocycles. The molecule has 0 saturated carbocycles. The Bertz CT molecular complexity index is 309. The van der Waals surface area contributed by atoms with E-state index in [1.165, 1.54) is 0 Å². The van der Waals surface area contributed by atoms with Crippen molar-refractivity contribution in [1.29, 1.82) is 0 Å². The van der Waals surface area contributed by atoms with E-state index in [9.17, 15) is 14.7 Å². The third kappa shape index (κ3) is 5.82. The average Bonchev–Trinajstić information content (AvgIpc) is 2.36. The summed E-state index contributed by atoms with van der Waals surface area (Å²) in [6.07, 6.45) is 0.378. The standard InChI is InChI=1S/C13H22O5/c1-5-11(14)10(4)12(15)9(3)7-8-18-13(16)17-6-2/h7,10,12,15H,5-6,8H2,1-4H3/b9-7-/t10-,12+/m1/s1. The molecule has 104 valence electrons. The van der Waals surface area contributed by atoms with Crippen molar-refractivity contribution < 1.29 is 24.2 Å². The van der Waals surface area contributed by atoms with Gasteiger partial charge in [0, 0.05) is 12.3 Å². The maximum Gasteiger partial charge on any atom is 0.508 e. The van der Waals surface area contributed by atoms with E-state index in [1.54, 1.807) is 33.8 Å². The summed E-state index contributed by atoms with van der Waals surface area (Å²) in [7, 11) is 0. The fourth-order valence-corrected chi connectivity index (χ4v) is 1.41. The van der Waals surface area contributed by atoms with Crippen molar-refractivity contribution in [2.75, 3.05) is 13.2 Å². The molecule has 0 aliphatic rings. The molecule has 0 heterocycles. The summed E-state index contributed by atoms with van der Waals surface area (Å²) in [5, 5.41) is 9.90. The largest absolute Gasteiger partial charge is 0.508 e. The second kappa shape index (κ2) is 8.69. The number of ketones is 1. The first-order valence-electron chi connectivity index (χ1n) is 6.10. The number of hydrogen-bond donors (Lipinski definition) is 1. The maximum absolute atomic E-state index is 11.4. The molecule has 0 fully saturated rings. The Morgan fingerprint density at radius 1 is 1.28 bits per heavy atom. The van der Waals surface area contributed by atoms with E-state index in [0.717, 1.165) is 0 Å². The number of ether oxygens (including phenoxy) is 2. The third-order valence-corrected chi connectivity index (χ3v) is 2.67. The number of carbonyl (C=O) groups excluding carboxylic acids is 2. The lowest BCUT2D eigenvalue weighted by Gasteiger charge is -2.18. The van der Waals surface area contributed by atoms with Gasteiger partial charge in [-0.3, -0.25) is 4.79 Å². The van der Waals surface area contributed by atoms with E-state index in [-0.39, 0.29) is 19.0 Å². The molecule has 5 heteroatoms. The van der Waals surface area contributed by atoms with Crippen LogP contribution in [-0.2, 0) is 14.3 Å². The molecule has 0 saturated heterocycles. The normalized spacial score (nSPS) is 14.8. The average molecular weight is 258 g/mol. The fourth-order valence-electron chi connectivity index (χ4n) is 1.41. The summed E-state index contributed by atoms with van der Waals surface area (Å²) in [6.45, 7) is 7.10. The molecule has 0 rings (SSSR count). The van der Waals surface area contributed by atoms with Crippen LogP contribution in [0.25, 0.3) is 0 Å². The van der Waals surface area contributed by atoms with Crippen molar-refractivity contribution in [1.82, 2.24) is 0 Å². The summed E-state index contributed by atoms with van der Waals surface area (Å²) in [6, 6.07) is 0. The van der Waals surface area contributed by atoms with Crippen LogP contribution < -0.4 is 0 Å². The van der Waals surface area contributed by atoms with Crippen LogP contribution in [0.4, 0.5) is 4.79 Å². The van der Waals surface area contributed by atoms with Gasteiger partial charge in [-0.05, 0) is 25.5 Å². The quantitative estimate of drug-likeness (QED) is 0.559. The minimum Gasteiger partial charge on any atom is -0.435 e. The molecule has 0 amide bonds. The lowest BCUT2D eigenvalue weighted by molar-refractivity contribution is -0.124. The van der Waals surface area contributed by atoms with Crippen LogP contribution >= 0.6 is 0 Å². The van der Waals surface area contributed by atoms with Crippen molar-refractivity contribution in [3.63, 3.8) is 0 Å². The molecule has 0 radical (unpaired) electrons. The van der Waals surface area contributed by atoms with Gasteiger partial charge >= 0.3 is 6.16 Å². The second-order valence-electron chi connectivity index (χ2n) is 4.00. The van der Waals surface area contributed by atoms with E-state index in [4.69, 9.17) is 4.74 Å². The van der Waals surface area contributed by atoms with E-state index >= 15 is 0 Å². The van der Waals surface area contributed by atoms with Gasteiger partial charge in [0.05, 0.1) is 12.7 Å². The van der Waals surface area contributed by atoms with Gasteiger partial charge in [0.15, 0.2) is 0 Å². The van der Waals surface area contributed by atoms with Crippen LogP contribution in [-0.4, -0.2) is 36.4 Å². The lowest BCUT2D eigenvalue weighted by atomic mass is 9.93. The molecule has 0 bridgehead atoms. The number of aliphatic hydroxyl groups excluding tert-OH is 1. The zero-order valence-corrected chi connectivity index (χ0v) is 11.4. The summed E-state index contributed by atoms with van der Waals surface area (Å²) in [4.78, 5) is 22.3. The summed E-state index contributed by atoms with van der Waals surface area (Å²) in [5.41, 5.74) is 0.605. The molecule has 0 spiro atoms. The molecule has 0 aromatic carbocycles. The minimum atomic E-state index is -0.844. The molecular weight excluding hydrogens is 236 g/mol. The second-order valence-corrected chi connectivity index (χ2v) is 4.00. The molecule has 1 N–H and O–H groups in total. The van der Waals surface area contributed by atoms with Crippen molar-refractivity contribution in [3.8, 4) is 0 Å². The Kier molecular flexibility index (Phi) is 8.03.